The molecular formula is C5H4ClNOS. The van der Waals surface area contributed by atoms with Gasteiger partial charge in [0.2, 0.25) is 0 Å². The van der Waals surface area contributed by atoms with Crippen molar-refractivity contribution < 1.29 is 5.21 Å². The molecule has 0 bridgehead atoms. The summed E-state index contributed by atoms with van der Waals surface area (Å²) in [4.78, 5) is 0.777. The first-order valence-corrected chi connectivity index (χ1v) is 3.51. The molecule has 0 spiro atoms. The van der Waals surface area contributed by atoms with E-state index in [1.165, 1.54) is 17.6 Å². The van der Waals surface area contributed by atoms with Crippen molar-refractivity contribution in [2.24, 2.45) is 5.16 Å². The van der Waals surface area contributed by atoms with Gasteiger partial charge in [0.25, 0.3) is 0 Å². The molecule has 9 heavy (non-hydrogen) atoms. The molecule has 0 aliphatic rings. The topological polar surface area (TPSA) is 32.6 Å². The van der Waals surface area contributed by atoms with Crippen molar-refractivity contribution in [1.82, 2.24) is 0 Å². The van der Waals surface area contributed by atoms with Crippen molar-refractivity contribution in [3.63, 3.8) is 0 Å². The van der Waals surface area contributed by atoms with E-state index in [0.717, 1.165) is 4.88 Å². The molecule has 0 saturated heterocycles. The molecule has 48 valence electrons. The number of nitrogens with zero attached hydrogens (tertiary/aromatic N) is 1. The van der Waals surface area contributed by atoms with Gasteiger partial charge >= 0.3 is 0 Å². The van der Waals surface area contributed by atoms with Crippen molar-refractivity contribution in [3.8, 4) is 0 Å². The van der Waals surface area contributed by atoms with Crippen LogP contribution in [0.4, 0.5) is 0 Å². The second-order valence-corrected chi connectivity index (χ2v) is 2.73. The van der Waals surface area contributed by atoms with Crippen LogP contribution in [-0.2, 0) is 0 Å². The number of thiophene rings is 1. The third kappa shape index (κ3) is 1.43. The molecule has 1 rings (SSSR count). The number of rotatable bonds is 1. The average Bonchev–Trinajstić information content (AvgIpc) is 2.18. The Morgan fingerprint density at radius 1 is 1.78 bits per heavy atom. The van der Waals surface area contributed by atoms with Crippen LogP contribution in [0.5, 0.6) is 0 Å². The minimum atomic E-state index is 0.623. The van der Waals surface area contributed by atoms with E-state index < -0.39 is 0 Å². The van der Waals surface area contributed by atoms with E-state index >= 15 is 0 Å². The van der Waals surface area contributed by atoms with Gasteiger partial charge in [-0.3, -0.25) is 0 Å². The summed E-state index contributed by atoms with van der Waals surface area (Å²) in [7, 11) is 0. The van der Waals surface area contributed by atoms with Crippen LogP contribution in [0.2, 0.25) is 5.02 Å². The third-order valence-corrected chi connectivity index (χ3v) is 2.11. The summed E-state index contributed by atoms with van der Waals surface area (Å²) in [5.74, 6) is 0. The highest BCUT2D eigenvalue weighted by molar-refractivity contribution is 7.12. The fraction of sp³-hybridized carbons (Fsp3) is 0. The SMILES string of the molecule is O/N=C/c1sccc1Cl. The lowest BCUT2D eigenvalue weighted by atomic mass is 10.5. The van der Waals surface area contributed by atoms with Gasteiger partial charge in [-0.05, 0) is 11.4 Å². The van der Waals surface area contributed by atoms with Crippen LogP contribution in [0.25, 0.3) is 0 Å². The Hall–Kier alpha value is -0.540. The third-order valence-electron chi connectivity index (χ3n) is 0.820. The minimum Gasteiger partial charge on any atom is -0.411 e. The molecule has 1 aromatic rings. The molecule has 2 nitrogen and oxygen atoms in total. The predicted octanol–water partition coefficient (Wildman–Crippen LogP) is 2.21. The Balaban J connectivity index is 2.94. The number of oxime groups is 1. The van der Waals surface area contributed by atoms with Gasteiger partial charge in [-0.2, -0.15) is 0 Å². The Kier molecular flexibility index (Phi) is 2.08. The van der Waals surface area contributed by atoms with Crippen LogP contribution < -0.4 is 0 Å². The summed E-state index contributed by atoms with van der Waals surface area (Å²) in [5.41, 5.74) is 0. The summed E-state index contributed by atoms with van der Waals surface area (Å²) >= 11 is 7.06. The molecule has 0 radical (unpaired) electrons. The highest BCUT2D eigenvalue weighted by Crippen LogP contribution is 2.19. The second kappa shape index (κ2) is 2.85. The van der Waals surface area contributed by atoms with E-state index in [9.17, 15) is 0 Å². The molecule has 0 aromatic carbocycles. The molecule has 1 N–H and O–H groups in total. The van der Waals surface area contributed by atoms with E-state index in [1.807, 2.05) is 5.38 Å². The Bertz CT molecular complexity index is 220. The summed E-state index contributed by atoms with van der Waals surface area (Å²) in [6.07, 6.45) is 1.31. The van der Waals surface area contributed by atoms with Gasteiger partial charge in [0.15, 0.2) is 0 Å². The molecule has 1 aromatic heterocycles. The van der Waals surface area contributed by atoms with Gasteiger partial charge in [0.1, 0.15) is 0 Å². The van der Waals surface area contributed by atoms with Crippen LogP contribution in [0.3, 0.4) is 0 Å². The molecular weight excluding hydrogens is 158 g/mol. The largest absolute Gasteiger partial charge is 0.411 e. The molecule has 1 heterocycles. The van der Waals surface area contributed by atoms with E-state index in [0.29, 0.717) is 5.02 Å². The quantitative estimate of drug-likeness (QED) is 0.382. The molecule has 0 fully saturated rings. The maximum Gasteiger partial charge on any atom is 0.0848 e. The van der Waals surface area contributed by atoms with Gasteiger partial charge in [-0.25, -0.2) is 0 Å². The van der Waals surface area contributed by atoms with Gasteiger partial charge in [-0.15, -0.1) is 11.3 Å². The van der Waals surface area contributed by atoms with Crippen LogP contribution >= 0.6 is 22.9 Å². The molecule has 0 amide bonds. The minimum absolute atomic E-state index is 0.623. The fourth-order valence-corrected chi connectivity index (χ4v) is 1.41. The van der Waals surface area contributed by atoms with Crippen LogP contribution in [0.1, 0.15) is 4.88 Å². The van der Waals surface area contributed by atoms with Crippen molar-refractivity contribution >= 4 is 29.2 Å². The zero-order valence-corrected chi connectivity index (χ0v) is 5.99. The molecule has 0 atom stereocenters. The van der Waals surface area contributed by atoms with E-state index in [1.54, 1.807) is 6.07 Å². The average molecular weight is 162 g/mol. The highest BCUT2D eigenvalue weighted by atomic mass is 35.5. The van der Waals surface area contributed by atoms with E-state index in [2.05, 4.69) is 5.16 Å². The molecule has 4 heteroatoms. The lowest BCUT2D eigenvalue weighted by molar-refractivity contribution is 0.322. The first kappa shape index (κ1) is 6.58. The Morgan fingerprint density at radius 3 is 3.00 bits per heavy atom. The monoisotopic (exact) mass is 161 g/mol. The van der Waals surface area contributed by atoms with E-state index in [-0.39, 0.29) is 0 Å². The molecule has 0 aliphatic heterocycles. The number of hydrogen-bond donors (Lipinski definition) is 1. The van der Waals surface area contributed by atoms with Crippen LogP contribution in [0.15, 0.2) is 16.6 Å². The predicted molar refractivity (Wildman–Crippen MR) is 38.7 cm³/mol. The van der Waals surface area contributed by atoms with Crippen molar-refractivity contribution in [2.45, 2.75) is 0 Å². The Labute approximate surface area is 61.4 Å². The first-order valence-electron chi connectivity index (χ1n) is 2.25. The highest BCUT2D eigenvalue weighted by Gasteiger charge is 1.95. The second-order valence-electron chi connectivity index (χ2n) is 1.38. The van der Waals surface area contributed by atoms with Gasteiger partial charge in [-0.1, -0.05) is 16.8 Å². The summed E-state index contributed by atoms with van der Waals surface area (Å²) in [5, 5.41) is 13.4. The summed E-state index contributed by atoms with van der Waals surface area (Å²) < 4.78 is 0. The summed E-state index contributed by atoms with van der Waals surface area (Å²) in [6.45, 7) is 0. The normalized spacial score (nSPS) is 10.8. The zero-order chi connectivity index (χ0) is 6.69. The number of halogens is 1. The fourth-order valence-electron chi connectivity index (χ4n) is 0.450. The Morgan fingerprint density at radius 2 is 2.56 bits per heavy atom. The molecule has 0 saturated carbocycles. The lowest BCUT2D eigenvalue weighted by Gasteiger charge is -1.80. The smallest absolute Gasteiger partial charge is 0.0848 e. The van der Waals surface area contributed by atoms with Crippen molar-refractivity contribution in [2.75, 3.05) is 0 Å². The van der Waals surface area contributed by atoms with Gasteiger partial charge in [0, 0.05) is 0 Å². The lowest BCUT2D eigenvalue weighted by Crippen LogP contribution is -1.71. The number of hydrogen-bond acceptors (Lipinski definition) is 3. The van der Waals surface area contributed by atoms with Gasteiger partial charge in [0.05, 0.1) is 16.1 Å². The van der Waals surface area contributed by atoms with Crippen LogP contribution in [-0.4, -0.2) is 11.4 Å². The van der Waals surface area contributed by atoms with Crippen molar-refractivity contribution in [3.05, 3.63) is 21.3 Å². The maximum absolute atomic E-state index is 8.08. The van der Waals surface area contributed by atoms with Gasteiger partial charge < -0.3 is 5.21 Å². The zero-order valence-electron chi connectivity index (χ0n) is 4.41. The molecule has 0 aliphatic carbocycles. The first-order chi connectivity index (χ1) is 4.34. The summed E-state index contributed by atoms with van der Waals surface area (Å²) in [6, 6.07) is 1.75. The van der Waals surface area contributed by atoms with Crippen LogP contribution in [0, 0.1) is 0 Å². The van der Waals surface area contributed by atoms with E-state index in [4.69, 9.17) is 16.8 Å². The van der Waals surface area contributed by atoms with Crippen molar-refractivity contribution in [1.29, 1.82) is 0 Å². The maximum atomic E-state index is 8.08. The molecule has 0 unspecified atom stereocenters. The standard InChI is InChI=1S/C5H4ClNOS/c6-4-1-2-9-5(4)3-7-8/h1-3,8H/b7-3+.